The van der Waals surface area contributed by atoms with Crippen molar-refractivity contribution in [2.75, 3.05) is 34.3 Å². The molecule has 13 heteroatoms. The molecule has 0 bridgehead atoms. The lowest BCUT2D eigenvalue weighted by atomic mass is 9.75. The van der Waals surface area contributed by atoms with E-state index in [1.807, 2.05) is 51.2 Å². The highest BCUT2D eigenvalue weighted by Crippen LogP contribution is 2.39. The predicted molar refractivity (Wildman–Crippen MR) is 235 cm³/mol. The first-order valence-electron chi connectivity index (χ1n) is 21.1. The highest BCUT2D eigenvalue weighted by atomic mass is 16.5. The van der Waals surface area contributed by atoms with E-state index in [0.717, 1.165) is 70.4 Å². The molecular weight excluding hydrogens is 769 g/mol. The summed E-state index contributed by atoms with van der Waals surface area (Å²) in [6.07, 6.45) is 14.2. The van der Waals surface area contributed by atoms with Crippen molar-refractivity contribution in [3.8, 4) is 33.6 Å². The highest BCUT2D eigenvalue weighted by molar-refractivity contribution is 5.94. The number of carbonyl (C=O) groups is 4. The van der Waals surface area contributed by atoms with Crippen LogP contribution in [0.2, 0.25) is 0 Å². The molecule has 316 valence electrons. The van der Waals surface area contributed by atoms with Crippen LogP contribution in [0.15, 0.2) is 97.4 Å². The van der Waals surface area contributed by atoms with E-state index in [2.05, 4.69) is 99.9 Å². The van der Waals surface area contributed by atoms with E-state index < -0.39 is 18.2 Å². The molecule has 2 aromatic heterocycles. The molecule has 1 aliphatic carbocycles. The zero-order valence-corrected chi connectivity index (χ0v) is 35.6. The number of H-pyrrole nitrogens is 2. The molecule has 61 heavy (non-hydrogen) atoms. The standard InChI is InChI=1S/C48H54N8O5/c1-29(2)41(53-47(60)61-6)45(58)56-28-36(57)25-40(56)44-50-26-37(51-44)31-14-12-30(13-15-31)32-16-17-34-24-35(19-18-33(34)23-32)38-27-49-43(52-38)39-11-10-22-55(39)46(59)42(54(4)5)48(3)20-8-7-9-21-48/h7-9,12-20,23-24,26-27,29,39-42H,10-11,21-22,25,28H2,1-6H3,(H,49,52)(H,50,51)(H,53,60)/t39-,40-,41-,42-,48?/m0/s1. The third-order valence-electron chi connectivity index (χ3n) is 12.5. The van der Waals surface area contributed by atoms with Gasteiger partial charge in [-0.15, -0.1) is 0 Å². The number of Topliss-reactive ketones (excluding diaryl/α,β-unsaturated/α-hetero) is 1. The quantitative estimate of drug-likeness (QED) is 0.123. The monoisotopic (exact) mass is 822 g/mol. The minimum Gasteiger partial charge on any atom is -0.453 e. The van der Waals surface area contributed by atoms with Gasteiger partial charge in [0.05, 0.1) is 49.4 Å². The Bertz CT molecular complexity index is 2520. The molecule has 0 saturated carbocycles. The number of amides is 3. The smallest absolute Gasteiger partial charge is 0.407 e. The second kappa shape index (κ2) is 17.0. The number of carbonyl (C=O) groups excluding carboxylic acids is 4. The molecule has 4 heterocycles. The van der Waals surface area contributed by atoms with E-state index in [9.17, 15) is 19.2 Å². The van der Waals surface area contributed by atoms with Gasteiger partial charge in [0.25, 0.3) is 0 Å². The van der Waals surface area contributed by atoms with Gasteiger partial charge in [0.15, 0.2) is 5.78 Å². The lowest BCUT2D eigenvalue weighted by Crippen LogP contribution is -2.53. The van der Waals surface area contributed by atoms with Crippen LogP contribution in [0.4, 0.5) is 4.79 Å². The molecule has 13 nitrogen and oxygen atoms in total. The van der Waals surface area contributed by atoms with E-state index in [4.69, 9.17) is 14.7 Å². The van der Waals surface area contributed by atoms with E-state index in [1.54, 1.807) is 6.20 Å². The van der Waals surface area contributed by atoms with Crippen molar-refractivity contribution in [1.29, 1.82) is 0 Å². The summed E-state index contributed by atoms with van der Waals surface area (Å²) in [7, 11) is 5.24. The maximum atomic E-state index is 14.2. The predicted octanol–water partition coefficient (Wildman–Crippen LogP) is 7.63. The third-order valence-corrected chi connectivity index (χ3v) is 12.5. The van der Waals surface area contributed by atoms with Crippen molar-refractivity contribution in [3.63, 3.8) is 0 Å². The maximum absolute atomic E-state index is 14.2. The van der Waals surface area contributed by atoms with Gasteiger partial charge in [0, 0.05) is 35.7 Å². The number of hydrogen-bond acceptors (Lipinski definition) is 8. The van der Waals surface area contributed by atoms with E-state index >= 15 is 0 Å². The zero-order valence-electron chi connectivity index (χ0n) is 35.6. The number of aromatic nitrogens is 4. The molecule has 2 saturated heterocycles. The topological polar surface area (TPSA) is 157 Å². The summed E-state index contributed by atoms with van der Waals surface area (Å²) in [5, 5.41) is 4.82. The molecule has 3 N–H and O–H groups in total. The van der Waals surface area contributed by atoms with Gasteiger partial charge in [-0.3, -0.25) is 19.3 Å². The molecule has 0 radical (unpaired) electrons. The summed E-state index contributed by atoms with van der Waals surface area (Å²) in [5.41, 5.74) is 5.38. The van der Waals surface area contributed by atoms with E-state index in [1.165, 1.54) is 12.0 Å². The number of imidazole rings is 2. The normalized spacial score (nSPS) is 21.1. The van der Waals surface area contributed by atoms with Gasteiger partial charge in [-0.2, -0.15) is 0 Å². The Morgan fingerprint density at radius 3 is 2.30 bits per heavy atom. The van der Waals surface area contributed by atoms with Crippen LogP contribution in [-0.2, 0) is 19.1 Å². The summed E-state index contributed by atoms with van der Waals surface area (Å²) in [4.78, 5) is 74.4. The Balaban J connectivity index is 0.950. The molecule has 5 atom stereocenters. The van der Waals surface area contributed by atoms with Crippen molar-refractivity contribution in [3.05, 3.63) is 109 Å². The number of allylic oxidation sites excluding steroid dienone is 3. The zero-order chi connectivity index (χ0) is 43.0. The molecule has 3 aromatic carbocycles. The van der Waals surface area contributed by atoms with Crippen LogP contribution in [0.3, 0.4) is 0 Å². The van der Waals surface area contributed by atoms with Crippen molar-refractivity contribution in [2.24, 2.45) is 11.3 Å². The fourth-order valence-corrected chi connectivity index (χ4v) is 9.29. The number of aromatic amines is 2. The number of hydrogen-bond donors (Lipinski definition) is 3. The third kappa shape index (κ3) is 8.26. The van der Waals surface area contributed by atoms with Crippen molar-refractivity contribution >= 4 is 34.5 Å². The van der Waals surface area contributed by atoms with Gasteiger partial charge in [0.1, 0.15) is 17.7 Å². The number of nitrogens with zero attached hydrogens (tertiary/aromatic N) is 5. The van der Waals surface area contributed by atoms with Crippen molar-refractivity contribution in [2.45, 2.75) is 70.6 Å². The van der Waals surface area contributed by atoms with Gasteiger partial charge < -0.3 is 29.8 Å². The van der Waals surface area contributed by atoms with Crippen LogP contribution in [0.5, 0.6) is 0 Å². The fourth-order valence-electron chi connectivity index (χ4n) is 9.29. The first-order valence-corrected chi connectivity index (χ1v) is 21.1. The summed E-state index contributed by atoms with van der Waals surface area (Å²) in [5.74, 6) is 0.844. The minimum atomic E-state index is -0.843. The van der Waals surface area contributed by atoms with Crippen LogP contribution in [0.1, 0.15) is 70.2 Å². The largest absolute Gasteiger partial charge is 0.453 e. The summed E-state index contributed by atoms with van der Waals surface area (Å²) >= 11 is 0. The Morgan fingerprint density at radius 1 is 0.902 bits per heavy atom. The summed E-state index contributed by atoms with van der Waals surface area (Å²) in [6, 6.07) is 19.2. The van der Waals surface area contributed by atoms with Gasteiger partial charge >= 0.3 is 6.09 Å². The van der Waals surface area contributed by atoms with Crippen LogP contribution in [0, 0.1) is 11.3 Å². The fraction of sp³-hybridized carbons (Fsp3) is 0.375. The molecule has 3 amide bonds. The second-order valence-electron chi connectivity index (χ2n) is 17.3. The van der Waals surface area contributed by atoms with Crippen molar-refractivity contribution < 1.29 is 23.9 Å². The van der Waals surface area contributed by atoms with Gasteiger partial charge in [-0.25, -0.2) is 14.8 Å². The maximum Gasteiger partial charge on any atom is 0.407 e. The van der Waals surface area contributed by atoms with Crippen molar-refractivity contribution in [1.82, 2.24) is 40.0 Å². The molecule has 1 unspecified atom stereocenters. The number of methoxy groups -OCH3 is 1. The first-order chi connectivity index (χ1) is 29.3. The first kappa shape index (κ1) is 41.4. The molecule has 3 aliphatic rings. The van der Waals surface area contributed by atoms with Crippen LogP contribution in [-0.4, -0.2) is 105 Å². The number of likely N-dealkylation sites (tertiary alicyclic amines) is 2. The average molecular weight is 823 g/mol. The molecular formula is C48H54N8O5. The number of nitrogens with one attached hydrogen (secondary N) is 3. The number of benzene rings is 3. The Morgan fingerprint density at radius 2 is 1.61 bits per heavy atom. The van der Waals surface area contributed by atoms with Crippen LogP contribution >= 0.6 is 0 Å². The number of alkyl carbamates (subject to hydrolysis) is 1. The highest BCUT2D eigenvalue weighted by Gasteiger charge is 2.44. The average Bonchev–Trinajstić information content (AvgIpc) is 4.09. The molecule has 2 aliphatic heterocycles. The van der Waals surface area contributed by atoms with E-state index in [-0.39, 0.29) is 54.0 Å². The van der Waals surface area contributed by atoms with Gasteiger partial charge in [0.2, 0.25) is 11.8 Å². The van der Waals surface area contributed by atoms with Gasteiger partial charge in [-0.1, -0.05) is 93.6 Å². The summed E-state index contributed by atoms with van der Waals surface area (Å²) < 4.78 is 4.73. The molecule has 8 rings (SSSR count). The number of rotatable bonds is 11. The number of ketones is 1. The Kier molecular flexibility index (Phi) is 11.5. The Hall–Kier alpha value is -6.34. The summed E-state index contributed by atoms with van der Waals surface area (Å²) in [6.45, 7) is 6.50. The lowest BCUT2D eigenvalue weighted by Gasteiger charge is -2.41. The van der Waals surface area contributed by atoms with Gasteiger partial charge in [-0.05, 0) is 73.3 Å². The number of ether oxygens (including phenoxy) is 1. The number of fused-ring (bicyclic) bond motifs is 1. The number of likely N-dealkylation sites (N-methyl/N-ethyl adjacent to an activating group) is 1. The lowest BCUT2D eigenvalue weighted by molar-refractivity contribution is -0.140. The van der Waals surface area contributed by atoms with Crippen LogP contribution in [0.25, 0.3) is 44.4 Å². The molecule has 5 aromatic rings. The van der Waals surface area contributed by atoms with E-state index in [0.29, 0.717) is 11.5 Å². The van der Waals surface area contributed by atoms with Crippen LogP contribution < -0.4 is 5.32 Å². The molecule has 0 spiro atoms. The Labute approximate surface area is 356 Å². The minimum absolute atomic E-state index is 0.0472. The molecule has 2 fully saturated rings. The SMILES string of the molecule is COC(=O)N[C@H](C(=O)N1CC(=O)C[C@H]1c1nc(-c2ccc(-c3ccc4cc(-c5cnc([C@@H]6CCCN6C(=O)[C@H](N(C)C)C6(C)C=CC=CC6)[nH]5)ccc4c3)cc2)c[nH]1)C(C)C. The second-order valence-corrected chi connectivity index (χ2v) is 17.3.